The average Bonchev–Trinajstić information content (AvgIpc) is 2.73. The molecule has 0 spiro atoms. The van der Waals surface area contributed by atoms with Crippen molar-refractivity contribution < 1.29 is 19.8 Å². The van der Waals surface area contributed by atoms with Gasteiger partial charge in [0.05, 0.1) is 0 Å². The van der Waals surface area contributed by atoms with Crippen LogP contribution < -0.4 is 0 Å². The monoisotopic (exact) mass is 381 g/mol. The highest BCUT2D eigenvalue weighted by Crippen LogP contribution is 2.27. The highest BCUT2D eigenvalue weighted by molar-refractivity contribution is 5.89. The third-order valence-electron chi connectivity index (χ3n) is 4.66. The van der Waals surface area contributed by atoms with Gasteiger partial charge in [0.1, 0.15) is 0 Å². The van der Waals surface area contributed by atoms with Gasteiger partial charge in [-0.15, -0.1) is 0 Å². The Hall–Kier alpha value is -2.92. The van der Waals surface area contributed by atoms with Crippen molar-refractivity contribution in [3.05, 3.63) is 83.9 Å². The van der Waals surface area contributed by atoms with E-state index in [9.17, 15) is 9.59 Å². The van der Waals surface area contributed by atoms with Gasteiger partial charge in [0.2, 0.25) is 0 Å². The summed E-state index contributed by atoms with van der Waals surface area (Å²) in [5, 5.41) is 15.6. The maximum Gasteiger partial charge on any atom is 0.328 e. The molecule has 1 aliphatic rings. The predicted molar refractivity (Wildman–Crippen MR) is 109 cm³/mol. The van der Waals surface area contributed by atoms with Crippen LogP contribution in [0.25, 0.3) is 0 Å². The molecule has 2 aromatic rings. The number of aliphatic carboxylic acids is 2. The fourth-order valence-corrected chi connectivity index (χ4v) is 3.34. The highest BCUT2D eigenvalue weighted by atomic mass is 16.4. The third-order valence-corrected chi connectivity index (χ3v) is 4.66. The summed E-state index contributed by atoms with van der Waals surface area (Å²) in [6, 6.07) is 22.4. The number of likely N-dealkylation sites (tertiary alicyclic amines) is 1. The smallest absolute Gasteiger partial charge is 0.328 e. The maximum absolute atomic E-state index is 9.55. The molecular formula is C23H27NO4. The topological polar surface area (TPSA) is 77.8 Å². The summed E-state index contributed by atoms with van der Waals surface area (Å²) >= 11 is 0. The molecule has 0 bridgehead atoms. The minimum absolute atomic E-state index is 0.527. The van der Waals surface area contributed by atoms with E-state index >= 15 is 0 Å². The Morgan fingerprint density at radius 1 is 0.821 bits per heavy atom. The minimum Gasteiger partial charge on any atom is -0.478 e. The normalized spacial score (nSPS) is 15.4. The molecular weight excluding hydrogens is 354 g/mol. The van der Waals surface area contributed by atoms with Crippen molar-refractivity contribution in [3.8, 4) is 0 Å². The molecule has 0 aliphatic carbocycles. The molecule has 5 heteroatoms. The molecule has 0 radical (unpaired) electrons. The van der Waals surface area contributed by atoms with Gasteiger partial charge in [-0.1, -0.05) is 67.1 Å². The molecule has 1 aliphatic heterocycles. The molecule has 1 atom stereocenters. The SMILES string of the molecule is O=C(O)C=CC(=O)O.c1ccc(CC(c2ccccc2)N2CCCCC2)cc1. The molecule has 1 fully saturated rings. The van der Waals surface area contributed by atoms with Gasteiger partial charge in [0, 0.05) is 18.2 Å². The quantitative estimate of drug-likeness (QED) is 0.735. The summed E-state index contributed by atoms with van der Waals surface area (Å²) in [5.41, 5.74) is 2.89. The predicted octanol–water partition coefficient (Wildman–Crippen LogP) is 4.17. The van der Waals surface area contributed by atoms with E-state index in [1.807, 2.05) is 0 Å². The van der Waals surface area contributed by atoms with Gasteiger partial charge in [-0.05, 0) is 43.5 Å². The molecule has 1 heterocycles. The number of benzene rings is 2. The number of rotatable bonds is 6. The Morgan fingerprint density at radius 2 is 1.32 bits per heavy atom. The van der Waals surface area contributed by atoms with Crippen LogP contribution in [0.4, 0.5) is 0 Å². The number of carboxylic acid groups (broad SMARTS) is 2. The standard InChI is InChI=1S/C19H23N.C4H4O4/c1-4-10-17(11-5-1)16-19(18-12-6-2-7-13-18)20-14-8-3-9-15-20;5-3(6)1-2-4(7)8/h1-2,4-7,10-13,19H,3,8-9,14-16H2;1-2H,(H,5,6)(H,7,8). The highest BCUT2D eigenvalue weighted by Gasteiger charge is 2.22. The Labute approximate surface area is 165 Å². The molecule has 5 nitrogen and oxygen atoms in total. The number of carbonyl (C=O) groups is 2. The summed E-state index contributed by atoms with van der Waals surface area (Å²) < 4.78 is 0. The van der Waals surface area contributed by atoms with Gasteiger partial charge >= 0.3 is 11.9 Å². The van der Waals surface area contributed by atoms with Crippen molar-refractivity contribution in [3.63, 3.8) is 0 Å². The first-order valence-electron chi connectivity index (χ1n) is 9.53. The second-order valence-electron chi connectivity index (χ2n) is 6.72. The molecule has 0 amide bonds. The Kier molecular flexibility index (Phi) is 8.95. The summed E-state index contributed by atoms with van der Waals surface area (Å²) in [7, 11) is 0. The zero-order valence-corrected chi connectivity index (χ0v) is 15.9. The van der Waals surface area contributed by atoms with Gasteiger partial charge in [0.15, 0.2) is 0 Å². The van der Waals surface area contributed by atoms with Crippen molar-refractivity contribution in [2.75, 3.05) is 13.1 Å². The molecule has 148 valence electrons. The van der Waals surface area contributed by atoms with Crippen LogP contribution in [0.15, 0.2) is 72.8 Å². The van der Waals surface area contributed by atoms with Crippen LogP contribution in [0.3, 0.4) is 0 Å². The number of nitrogens with zero attached hydrogens (tertiary/aromatic N) is 1. The first-order valence-corrected chi connectivity index (χ1v) is 9.53. The van der Waals surface area contributed by atoms with Crippen LogP contribution in [0, 0.1) is 0 Å². The van der Waals surface area contributed by atoms with Crippen LogP contribution in [-0.4, -0.2) is 40.1 Å². The number of hydrogen-bond donors (Lipinski definition) is 2. The number of carboxylic acids is 2. The Morgan fingerprint density at radius 3 is 1.82 bits per heavy atom. The first kappa shape index (κ1) is 21.4. The zero-order valence-electron chi connectivity index (χ0n) is 15.9. The van der Waals surface area contributed by atoms with Crippen molar-refractivity contribution >= 4 is 11.9 Å². The lowest BCUT2D eigenvalue weighted by Crippen LogP contribution is -2.34. The minimum atomic E-state index is -1.26. The summed E-state index contributed by atoms with van der Waals surface area (Å²) in [5.74, 6) is -2.51. The number of piperidine rings is 1. The van der Waals surface area contributed by atoms with E-state index in [4.69, 9.17) is 10.2 Å². The Bertz CT molecular complexity index is 737. The van der Waals surface area contributed by atoms with E-state index in [-0.39, 0.29) is 0 Å². The second kappa shape index (κ2) is 11.7. The summed E-state index contributed by atoms with van der Waals surface area (Å²) in [4.78, 5) is 21.8. The lowest BCUT2D eigenvalue weighted by Gasteiger charge is -2.35. The molecule has 2 aromatic carbocycles. The van der Waals surface area contributed by atoms with Crippen molar-refractivity contribution in [1.29, 1.82) is 0 Å². The fraction of sp³-hybridized carbons (Fsp3) is 0.304. The van der Waals surface area contributed by atoms with Crippen LogP contribution in [-0.2, 0) is 16.0 Å². The Balaban J connectivity index is 0.000000300. The summed E-state index contributed by atoms with van der Waals surface area (Å²) in [6.07, 6.45) is 6.31. The van der Waals surface area contributed by atoms with Gasteiger partial charge in [-0.2, -0.15) is 0 Å². The fourth-order valence-electron chi connectivity index (χ4n) is 3.34. The van der Waals surface area contributed by atoms with Crippen LogP contribution in [0.1, 0.15) is 36.4 Å². The molecule has 28 heavy (non-hydrogen) atoms. The average molecular weight is 381 g/mol. The molecule has 3 rings (SSSR count). The molecule has 0 saturated carbocycles. The number of hydrogen-bond acceptors (Lipinski definition) is 3. The van der Waals surface area contributed by atoms with Crippen LogP contribution in [0.5, 0.6) is 0 Å². The first-order chi connectivity index (χ1) is 13.6. The third kappa shape index (κ3) is 7.76. The van der Waals surface area contributed by atoms with Gasteiger partial charge < -0.3 is 10.2 Å². The molecule has 1 saturated heterocycles. The van der Waals surface area contributed by atoms with Crippen LogP contribution >= 0.6 is 0 Å². The molecule has 1 unspecified atom stereocenters. The molecule has 2 N–H and O–H groups in total. The van der Waals surface area contributed by atoms with Crippen molar-refractivity contribution in [1.82, 2.24) is 4.90 Å². The van der Waals surface area contributed by atoms with E-state index in [0.29, 0.717) is 18.2 Å². The second-order valence-corrected chi connectivity index (χ2v) is 6.72. The van der Waals surface area contributed by atoms with Gasteiger partial charge in [-0.25, -0.2) is 9.59 Å². The van der Waals surface area contributed by atoms with Gasteiger partial charge in [0.25, 0.3) is 0 Å². The van der Waals surface area contributed by atoms with Crippen molar-refractivity contribution in [2.24, 2.45) is 0 Å². The van der Waals surface area contributed by atoms with Crippen molar-refractivity contribution in [2.45, 2.75) is 31.7 Å². The van der Waals surface area contributed by atoms with E-state index in [1.165, 1.54) is 43.5 Å². The van der Waals surface area contributed by atoms with E-state index < -0.39 is 11.9 Å². The van der Waals surface area contributed by atoms with Gasteiger partial charge in [-0.3, -0.25) is 4.90 Å². The molecule has 0 aromatic heterocycles. The lowest BCUT2D eigenvalue weighted by molar-refractivity contribution is -0.134. The summed E-state index contributed by atoms with van der Waals surface area (Å²) in [6.45, 7) is 2.48. The largest absolute Gasteiger partial charge is 0.478 e. The van der Waals surface area contributed by atoms with E-state index in [2.05, 4.69) is 65.6 Å². The zero-order chi connectivity index (χ0) is 20.2. The maximum atomic E-state index is 9.55. The van der Waals surface area contributed by atoms with E-state index in [1.54, 1.807) is 0 Å². The van der Waals surface area contributed by atoms with E-state index in [0.717, 1.165) is 6.42 Å². The lowest BCUT2D eigenvalue weighted by atomic mass is 9.95. The van der Waals surface area contributed by atoms with Crippen LogP contribution in [0.2, 0.25) is 0 Å².